The van der Waals surface area contributed by atoms with Crippen molar-refractivity contribution in [3.63, 3.8) is 0 Å². The first-order valence-electron chi connectivity index (χ1n) is 6.62. The van der Waals surface area contributed by atoms with E-state index in [2.05, 4.69) is 0 Å². The fourth-order valence-electron chi connectivity index (χ4n) is 2.27. The van der Waals surface area contributed by atoms with Gasteiger partial charge in [-0.2, -0.15) is 0 Å². The van der Waals surface area contributed by atoms with E-state index in [1.165, 1.54) is 6.92 Å². The molecule has 20 heavy (non-hydrogen) atoms. The lowest BCUT2D eigenvalue weighted by Crippen LogP contribution is -2.37. The number of esters is 1. The second-order valence-corrected chi connectivity index (χ2v) is 5.04. The van der Waals surface area contributed by atoms with Crippen LogP contribution in [0.3, 0.4) is 0 Å². The summed E-state index contributed by atoms with van der Waals surface area (Å²) in [6.45, 7) is 1.46. The van der Waals surface area contributed by atoms with Crippen molar-refractivity contribution in [3.05, 3.63) is 35.9 Å². The Balaban J connectivity index is 1.82. The molecule has 1 heterocycles. The van der Waals surface area contributed by atoms with Gasteiger partial charge >= 0.3 is 5.97 Å². The number of benzene rings is 1. The summed E-state index contributed by atoms with van der Waals surface area (Å²) in [6.07, 6.45) is -0.0544. The Hall–Kier alpha value is -1.46. The molecule has 0 bridgehead atoms. The first-order valence-corrected chi connectivity index (χ1v) is 6.62. The molecular weight excluding hydrogens is 263 g/mol. The summed E-state index contributed by atoms with van der Waals surface area (Å²) in [5.74, 6) is -0.376. The molecule has 1 aliphatic heterocycles. The maximum atomic E-state index is 13.2. The van der Waals surface area contributed by atoms with Crippen LogP contribution in [0.5, 0.6) is 0 Å². The molecule has 0 radical (unpaired) electrons. The Morgan fingerprint density at radius 2 is 2.20 bits per heavy atom. The van der Waals surface area contributed by atoms with Crippen LogP contribution in [-0.2, 0) is 25.6 Å². The summed E-state index contributed by atoms with van der Waals surface area (Å²) in [4.78, 5) is 10.9. The number of alkyl halides is 1. The minimum atomic E-state index is -0.991. The Labute approximate surface area is 117 Å². The normalized spacial score (nSPS) is 25.6. The van der Waals surface area contributed by atoms with Crippen LogP contribution in [-0.4, -0.2) is 37.6 Å². The summed E-state index contributed by atoms with van der Waals surface area (Å²) in [6, 6.07) is 9.66. The average molecular weight is 282 g/mol. The molecule has 0 aliphatic carbocycles. The van der Waals surface area contributed by atoms with Gasteiger partial charge in [-0.15, -0.1) is 0 Å². The largest absolute Gasteiger partial charge is 0.460 e. The summed E-state index contributed by atoms with van der Waals surface area (Å²) in [7, 11) is 0. The lowest BCUT2D eigenvalue weighted by atomic mass is 10.0. The van der Waals surface area contributed by atoms with Crippen molar-refractivity contribution in [2.24, 2.45) is 0 Å². The lowest BCUT2D eigenvalue weighted by Gasteiger charge is -2.24. The molecule has 0 N–H and O–H groups in total. The van der Waals surface area contributed by atoms with Gasteiger partial charge in [0.25, 0.3) is 0 Å². The zero-order valence-corrected chi connectivity index (χ0v) is 11.5. The molecule has 1 aromatic rings. The molecular formula is C15H19FO4. The minimum Gasteiger partial charge on any atom is -0.460 e. The van der Waals surface area contributed by atoms with E-state index < -0.39 is 12.3 Å². The third-order valence-corrected chi connectivity index (χ3v) is 3.23. The van der Waals surface area contributed by atoms with E-state index in [9.17, 15) is 9.18 Å². The summed E-state index contributed by atoms with van der Waals surface area (Å²) in [5, 5.41) is 0. The number of ether oxygens (including phenoxy) is 3. The highest BCUT2D eigenvalue weighted by Crippen LogP contribution is 2.29. The molecule has 2 unspecified atom stereocenters. The van der Waals surface area contributed by atoms with E-state index >= 15 is 0 Å². The number of carbonyl (C=O) groups is 1. The zero-order chi connectivity index (χ0) is 14.4. The van der Waals surface area contributed by atoms with Crippen molar-refractivity contribution in [3.8, 4) is 0 Å². The van der Waals surface area contributed by atoms with Crippen LogP contribution in [0.25, 0.3) is 0 Å². The Kier molecular flexibility index (Phi) is 5.09. The first-order chi connectivity index (χ1) is 9.63. The highest BCUT2D eigenvalue weighted by molar-refractivity contribution is 5.66. The van der Waals surface area contributed by atoms with Gasteiger partial charge in [0, 0.05) is 13.3 Å². The van der Waals surface area contributed by atoms with Gasteiger partial charge < -0.3 is 14.2 Å². The molecule has 0 spiro atoms. The topological polar surface area (TPSA) is 44.8 Å². The third kappa shape index (κ3) is 4.02. The highest BCUT2D eigenvalue weighted by Gasteiger charge is 2.42. The molecule has 5 heteroatoms. The lowest BCUT2D eigenvalue weighted by molar-refractivity contribution is -0.146. The van der Waals surface area contributed by atoms with Gasteiger partial charge in [0.1, 0.15) is 18.4 Å². The van der Waals surface area contributed by atoms with E-state index in [1.54, 1.807) is 0 Å². The van der Waals surface area contributed by atoms with Crippen LogP contribution in [0.4, 0.5) is 4.39 Å². The van der Waals surface area contributed by atoms with Crippen LogP contribution in [0.15, 0.2) is 30.3 Å². The summed E-state index contributed by atoms with van der Waals surface area (Å²) < 4.78 is 29.3. The molecule has 1 fully saturated rings. The van der Waals surface area contributed by atoms with E-state index in [-0.39, 0.29) is 25.3 Å². The monoisotopic (exact) mass is 282 g/mol. The van der Waals surface area contributed by atoms with Crippen molar-refractivity contribution in [1.82, 2.24) is 0 Å². The molecule has 4 nitrogen and oxygen atoms in total. The second-order valence-electron chi connectivity index (χ2n) is 5.04. The number of halogens is 1. The Morgan fingerprint density at radius 1 is 1.45 bits per heavy atom. The predicted molar refractivity (Wildman–Crippen MR) is 70.9 cm³/mol. The molecule has 0 saturated carbocycles. The Bertz CT molecular complexity index is 437. The van der Waals surface area contributed by atoms with E-state index in [1.807, 2.05) is 30.3 Å². The third-order valence-electron chi connectivity index (χ3n) is 3.23. The van der Waals surface area contributed by atoms with Crippen LogP contribution in [0.1, 0.15) is 18.9 Å². The Morgan fingerprint density at radius 3 is 2.85 bits per heavy atom. The molecule has 1 aromatic carbocycles. The fourth-order valence-corrected chi connectivity index (χ4v) is 2.27. The molecule has 0 aromatic heterocycles. The van der Waals surface area contributed by atoms with Gasteiger partial charge in [0.2, 0.25) is 0 Å². The number of rotatable bonds is 6. The van der Waals surface area contributed by atoms with Gasteiger partial charge in [-0.1, -0.05) is 30.3 Å². The molecule has 1 aliphatic rings. The zero-order valence-electron chi connectivity index (χ0n) is 11.5. The van der Waals surface area contributed by atoms with Crippen LogP contribution >= 0.6 is 0 Å². The summed E-state index contributed by atoms with van der Waals surface area (Å²) in [5.41, 5.74) is 0.0329. The first kappa shape index (κ1) is 14.9. The summed E-state index contributed by atoms with van der Waals surface area (Å²) >= 11 is 0. The fraction of sp³-hybridized carbons (Fsp3) is 0.533. The molecule has 1 saturated heterocycles. The van der Waals surface area contributed by atoms with E-state index in [0.717, 1.165) is 5.56 Å². The maximum Gasteiger partial charge on any atom is 0.302 e. The number of carbonyl (C=O) groups excluding carboxylic acids is 1. The molecule has 2 atom stereocenters. The second kappa shape index (κ2) is 6.81. The smallest absolute Gasteiger partial charge is 0.302 e. The van der Waals surface area contributed by atoms with E-state index in [0.29, 0.717) is 13.0 Å². The molecule has 110 valence electrons. The SMILES string of the molecule is CC(=O)OC1COC(CF)(COCc2ccccc2)C1. The van der Waals surface area contributed by atoms with Crippen molar-refractivity contribution < 1.29 is 23.4 Å². The van der Waals surface area contributed by atoms with Gasteiger partial charge in [-0.05, 0) is 5.56 Å². The number of hydrogen-bond donors (Lipinski definition) is 0. The van der Waals surface area contributed by atoms with Crippen molar-refractivity contribution >= 4 is 5.97 Å². The van der Waals surface area contributed by atoms with Gasteiger partial charge in [-0.3, -0.25) is 4.79 Å². The van der Waals surface area contributed by atoms with Crippen molar-refractivity contribution in [2.75, 3.05) is 19.9 Å². The van der Waals surface area contributed by atoms with Gasteiger partial charge in [-0.25, -0.2) is 4.39 Å². The van der Waals surface area contributed by atoms with Crippen LogP contribution < -0.4 is 0 Å². The van der Waals surface area contributed by atoms with Crippen LogP contribution in [0.2, 0.25) is 0 Å². The van der Waals surface area contributed by atoms with Crippen molar-refractivity contribution in [1.29, 1.82) is 0 Å². The van der Waals surface area contributed by atoms with E-state index in [4.69, 9.17) is 14.2 Å². The molecule has 0 amide bonds. The van der Waals surface area contributed by atoms with Crippen molar-refractivity contribution in [2.45, 2.75) is 31.7 Å². The van der Waals surface area contributed by atoms with Gasteiger partial charge in [0.05, 0.1) is 19.8 Å². The predicted octanol–water partition coefficient (Wildman–Crippen LogP) is 2.26. The maximum absolute atomic E-state index is 13.2. The van der Waals surface area contributed by atoms with Crippen LogP contribution in [0, 0.1) is 0 Å². The standard InChI is InChI=1S/C15H19FO4/c1-12(17)20-14-7-15(10-16,19-9-14)11-18-8-13-5-3-2-4-6-13/h2-6,14H,7-11H2,1H3. The minimum absolute atomic E-state index is 0.149. The average Bonchev–Trinajstić information content (AvgIpc) is 2.83. The van der Waals surface area contributed by atoms with Gasteiger partial charge in [0.15, 0.2) is 0 Å². The number of hydrogen-bond acceptors (Lipinski definition) is 4. The quantitative estimate of drug-likeness (QED) is 0.751. The molecule has 2 rings (SSSR count). The highest BCUT2D eigenvalue weighted by atomic mass is 19.1.